The van der Waals surface area contributed by atoms with Crippen LogP contribution in [0, 0.1) is 22.8 Å². The van der Waals surface area contributed by atoms with E-state index in [1.807, 2.05) is 0 Å². The molecule has 2 fully saturated rings. The Hall–Kier alpha value is -0.483. The second-order valence-electron chi connectivity index (χ2n) is 10.5. The molecule has 0 aromatic carbocycles. The summed E-state index contributed by atoms with van der Waals surface area (Å²) < 4.78 is 38.2. The molecule has 0 N–H and O–H groups in total. The van der Waals surface area contributed by atoms with Crippen molar-refractivity contribution in [3.05, 3.63) is 0 Å². The zero-order chi connectivity index (χ0) is 22.6. The lowest BCUT2D eigenvalue weighted by molar-refractivity contribution is -0.0740. The maximum absolute atomic E-state index is 14.0. The molecule has 0 bridgehead atoms. The standard InChI is InChI=1S/C24H43F2NO2Si/c1-19(2)30(20(3)4,21(5)6)14-8-9-22-10-12-27(13-11-22)16-23(15-24(23,25)26)17-29-18-28-7/h19-22H,9-13,15-18H2,1-7H3/t23-/m1/s1. The summed E-state index contributed by atoms with van der Waals surface area (Å²) in [5, 5.41) is 0. The molecule has 1 atom stereocenters. The molecule has 2 aliphatic rings. The first-order chi connectivity index (χ1) is 14.0. The molecule has 1 saturated carbocycles. The molecule has 1 aliphatic heterocycles. The maximum atomic E-state index is 14.0. The number of hydrogen-bond acceptors (Lipinski definition) is 3. The van der Waals surface area contributed by atoms with Crippen molar-refractivity contribution in [1.29, 1.82) is 0 Å². The number of ether oxygens (including phenoxy) is 2. The zero-order valence-electron chi connectivity index (χ0n) is 20.2. The van der Waals surface area contributed by atoms with Gasteiger partial charge in [0.25, 0.3) is 5.92 Å². The lowest BCUT2D eigenvalue weighted by Gasteiger charge is -2.38. The fourth-order valence-corrected chi connectivity index (χ4v) is 10.9. The molecule has 3 nitrogen and oxygen atoms in total. The fourth-order valence-electron chi connectivity index (χ4n) is 5.63. The van der Waals surface area contributed by atoms with Crippen LogP contribution >= 0.6 is 0 Å². The summed E-state index contributed by atoms with van der Waals surface area (Å²) in [5.41, 5.74) is 4.78. The summed E-state index contributed by atoms with van der Waals surface area (Å²) in [6, 6.07) is 0. The van der Waals surface area contributed by atoms with Crippen molar-refractivity contribution < 1.29 is 18.3 Å². The van der Waals surface area contributed by atoms with Crippen molar-refractivity contribution in [2.24, 2.45) is 11.3 Å². The van der Waals surface area contributed by atoms with E-state index < -0.39 is 19.4 Å². The van der Waals surface area contributed by atoms with Crippen molar-refractivity contribution in [3.8, 4) is 11.5 Å². The van der Waals surface area contributed by atoms with Crippen LogP contribution in [0.2, 0.25) is 16.6 Å². The molecular weight excluding hydrogens is 400 g/mol. The van der Waals surface area contributed by atoms with Gasteiger partial charge in [-0.2, -0.15) is 0 Å². The number of halogens is 2. The Morgan fingerprint density at radius 3 is 2.00 bits per heavy atom. The second-order valence-corrected chi connectivity index (χ2v) is 16.1. The minimum atomic E-state index is -2.61. The molecule has 30 heavy (non-hydrogen) atoms. The van der Waals surface area contributed by atoms with E-state index in [4.69, 9.17) is 9.47 Å². The normalized spacial score (nSPS) is 25.1. The predicted molar refractivity (Wildman–Crippen MR) is 122 cm³/mol. The van der Waals surface area contributed by atoms with Gasteiger partial charge in [0.2, 0.25) is 0 Å². The fraction of sp³-hybridized carbons (Fsp3) is 0.917. The van der Waals surface area contributed by atoms with E-state index in [-0.39, 0.29) is 19.8 Å². The Balaban J connectivity index is 1.87. The number of likely N-dealkylation sites (tertiary alicyclic amines) is 1. The highest BCUT2D eigenvalue weighted by molar-refractivity contribution is 6.90. The van der Waals surface area contributed by atoms with E-state index in [1.165, 1.54) is 7.11 Å². The number of alkyl halides is 2. The summed E-state index contributed by atoms with van der Waals surface area (Å²) in [7, 11) is -0.145. The minimum absolute atomic E-state index is 0.0680. The summed E-state index contributed by atoms with van der Waals surface area (Å²) in [6.45, 7) is 16.4. The molecule has 2 rings (SSSR count). The molecule has 0 unspecified atom stereocenters. The van der Waals surface area contributed by atoms with Crippen LogP contribution in [0.4, 0.5) is 8.78 Å². The third-order valence-electron chi connectivity index (χ3n) is 7.59. The van der Waals surface area contributed by atoms with Gasteiger partial charge in [0.1, 0.15) is 14.9 Å². The quantitative estimate of drug-likeness (QED) is 0.180. The lowest BCUT2D eigenvalue weighted by Crippen LogP contribution is -2.43. The molecule has 1 aliphatic carbocycles. The van der Waals surface area contributed by atoms with E-state index in [9.17, 15) is 8.78 Å². The van der Waals surface area contributed by atoms with Crippen LogP contribution in [0.1, 0.15) is 67.2 Å². The van der Waals surface area contributed by atoms with Crippen molar-refractivity contribution in [2.75, 3.05) is 40.1 Å². The first kappa shape index (κ1) is 25.8. The number of piperidine rings is 1. The molecule has 0 radical (unpaired) electrons. The van der Waals surface area contributed by atoms with E-state index in [0.29, 0.717) is 29.1 Å². The van der Waals surface area contributed by atoms with Gasteiger partial charge in [-0.15, -0.1) is 11.5 Å². The largest absolute Gasteiger partial charge is 0.359 e. The van der Waals surface area contributed by atoms with Crippen LogP contribution in [-0.2, 0) is 9.47 Å². The molecular formula is C24H43F2NO2Si. The molecule has 1 heterocycles. The van der Waals surface area contributed by atoms with Gasteiger partial charge in [-0.1, -0.05) is 41.5 Å². The van der Waals surface area contributed by atoms with E-state index in [0.717, 1.165) is 32.4 Å². The molecule has 0 spiro atoms. The van der Waals surface area contributed by atoms with Crippen LogP contribution in [0.15, 0.2) is 0 Å². The van der Waals surface area contributed by atoms with Gasteiger partial charge in [-0.25, -0.2) is 8.78 Å². The summed E-state index contributed by atoms with van der Waals surface area (Å²) in [4.78, 5) is 2.20. The summed E-state index contributed by atoms with van der Waals surface area (Å²) >= 11 is 0. The SMILES string of the molecule is COCOC[C@]1(CN2CCC(CC#C[Si](C(C)C)(C(C)C)C(C)C)CC2)CC1(F)F. The topological polar surface area (TPSA) is 21.7 Å². The first-order valence-corrected chi connectivity index (χ1v) is 13.9. The van der Waals surface area contributed by atoms with Gasteiger partial charge in [-0.05, 0) is 48.5 Å². The van der Waals surface area contributed by atoms with Gasteiger partial charge in [0.15, 0.2) is 0 Å². The molecule has 0 aromatic heterocycles. The highest BCUT2D eigenvalue weighted by Gasteiger charge is 2.71. The molecule has 1 saturated heterocycles. The lowest BCUT2D eigenvalue weighted by atomic mass is 9.93. The first-order valence-electron chi connectivity index (χ1n) is 11.7. The molecule has 174 valence electrons. The Bertz CT molecular complexity index is 584. The van der Waals surface area contributed by atoms with Crippen LogP contribution in [0.3, 0.4) is 0 Å². The van der Waals surface area contributed by atoms with Gasteiger partial charge < -0.3 is 14.4 Å². The summed E-state index contributed by atoms with van der Waals surface area (Å²) in [6.07, 6.45) is 2.98. The van der Waals surface area contributed by atoms with Crippen LogP contribution in [0.5, 0.6) is 0 Å². The minimum Gasteiger partial charge on any atom is -0.359 e. The van der Waals surface area contributed by atoms with Crippen LogP contribution in [-0.4, -0.2) is 59.0 Å². The maximum Gasteiger partial charge on any atom is 0.258 e. The highest BCUT2D eigenvalue weighted by Crippen LogP contribution is 2.61. The molecule has 0 aromatic rings. The van der Waals surface area contributed by atoms with E-state index >= 15 is 0 Å². The molecule has 6 heteroatoms. The number of rotatable bonds is 10. The monoisotopic (exact) mass is 443 g/mol. The Labute approximate surface area is 184 Å². The van der Waals surface area contributed by atoms with Crippen molar-refractivity contribution in [1.82, 2.24) is 4.90 Å². The van der Waals surface area contributed by atoms with Gasteiger partial charge >= 0.3 is 0 Å². The third kappa shape index (κ3) is 5.65. The number of methoxy groups -OCH3 is 1. The van der Waals surface area contributed by atoms with Gasteiger partial charge in [-0.3, -0.25) is 0 Å². The van der Waals surface area contributed by atoms with Gasteiger partial charge in [0, 0.05) is 26.5 Å². The van der Waals surface area contributed by atoms with E-state index in [1.54, 1.807) is 0 Å². The zero-order valence-corrected chi connectivity index (χ0v) is 21.2. The van der Waals surface area contributed by atoms with Crippen molar-refractivity contribution >= 4 is 8.07 Å². The van der Waals surface area contributed by atoms with Crippen LogP contribution < -0.4 is 0 Å². The number of nitrogens with zero attached hydrogens (tertiary/aromatic N) is 1. The average Bonchev–Trinajstić information content (AvgIpc) is 3.19. The van der Waals surface area contributed by atoms with Crippen molar-refractivity contribution in [3.63, 3.8) is 0 Å². The van der Waals surface area contributed by atoms with Gasteiger partial charge in [0.05, 0.1) is 12.0 Å². The third-order valence-corrected chi connectivity index (χ3v) is 13.9. The molecule has 0 amide bonds. The van der Waals surface area contributed by atoms with E-state index in [2.05, 4.69) is 57.9 Å². The predicted octanol–water partition coefficient (Wildman–Crippen LogP) is 5.96. The smallest absolute Gasteiger partial charge is 0.258 e. The highest BCUT2D eigenvalue weighted by atomic mass is 28.3. The number of hydrogen-bond donors (Lipinski definition) is 0. The Morgan fingerprint density at radius 1 is 1.03 bits per heavy atom. The Kier molecular flexibility index (Phi) is 8.95. The summed E-state index contributed by atoms with van der Waals surface area (Å²) in [5.74, 6) is 1.58. The second kappa shape index (κ2) is 10.4. The Morgan fingerprint density at radius 2 is 1.57 bits per heavy atom. The average molecular weight is 444 g/mol. The van der Waals surface area contributed by atoms with Crippen molar-refractivity contribution in [2.45, 2.75) is 89.8 Å². The van der Waals surface area contributed by atoms with Crippen LogP contribution in [0.25, 0.3) is 0 Å².